The van der Waals surface area contributed by atoms with Gasteiger partial charge in [-0.1, -0.05) is 12.1 Å². The van der Waals surface area contributed by atoms with E-state index in [4.69, 9.17) is 0 Å². The van der Waals surface area contributed by atoms with Crippen molar-refractivity contribution in [3.8, 4) is 5.82 Å². The molecule has 0 unspecified atom stereocenters. The van der Waals surface area contributed by atoms with E-state index in [1.165, 1.54) is 0 Å². The summed E-state index contributed by atoms with van der Waals surface area (Å²) < 4.78 is 1.75. The van der Waals surface area contributed by atoms with Crippen molar-refractivity contribution in [3.05, 3.63) is 35.9 Å². The molecule has 0 aliphatic rings. The zero-order valence-corrected chi connectivity index (χ0v) is 11.0. The Morgan fingerprint density at radius 2 is 1.84 bits per heavy atom. The molecule has 19 heavy (non-hydrogen) atoms. The van der Waals surface area contributed by atoms with Crippen molar-refractivity contribution in [2.45, 2.75) is 13.8 Å². The summed E-state index contributed by atoms with van der Waals surface area (Å²) in [5.74, 6) is 2.85. The van der Waals surface area contributed by atoms with Crippen molar-refractivity contribution in [2.75, 3.05) is 12.4 Å². The molecule has 2 aromatic heterocycles. The fraction of sp³-hybridized carbons (Fsp3) is 0.231. The van der Waals surface area contributed by atoms with E-state index in [1.807, 2.05) is 38.1 Å². The van der Waals surface area contributed by atoms with E-state index < -0.39 is 0 Å². The molecular weight excluding hydrogens is 240 g/mol. The number of para-hydroxylation sites is 1. The van der Waals surface area contributed by atoms with Gasteiger partial charge in [-0.25, -0.2) is 9.97 Å². The number of nitrogens with one attached hydrogen (secondary N) is 1. The van der Waals surface area contributed by atoms with Gasteiger partial charge in [0, 0.05) is 12.4 Å². The predicted molar refractivity (Wildman–Crippen MR) is 73.5 cm³/mol. The van der Waals surface area contributed by atoms with Crippen LogP contribution >= 0.6 is 0 Å². The lowest BCUT2D eigenvalue weighted by Crippen LogP contribution is -2.07. The highest BCUT2D eigenvalue weighted by molar-refractivity contribution is 5.86. The van der Waals surface area contributed by atoms with Gasteiger partial charge >= 0.3 is 0 Å². The minimum Gasteiger partial charge on any atom is -0.357 e. The number of benzene rings is 1. The van der Waals surface area contributed by atoms with Gasteiger partial charge in [-0.15, -0.1) is 5.10 Å². The fourth-order valence-electron chi connectivity index (χ4n) is 2.05. The number of hydrogen-bond acceptors (Lipinski definition) is 5. The van der Waals surface area contributed by atoms with E-state index in [2.05, 4.69) is 25.4 Å². The van der Waals surface area contributed by atoms with Gasteiger partial charge in [-0.05, 0) is 26.0 Å². The van der Waals surface area contributed by atoms with Crippen LogP contribution in [0.2, 0.25) is 0 Å². The molecular formula is C13H14N6. The van der Waals surface area contributed by atoms with Gasteiger partial charge in [0.05, 0.1) is 5.52 Å². The van der Waals surface area contributed by atoms with Crippen LogP contribution in [0.15, 0.2) is 24.3 Å². The van der Waals surface area contributed by atoms with Gasteiger partial charge in [0.1, 0.15) is 11.6 Å². The van der Waals surface area contributed by atoms with Crippen molar-refractivity contribution in [1.82, 2.24) is 24.7 Å². The quantitative estimate of drug-likeness (QED) is 0.756. The second kappa shape index (κ2) is 4.31. The zero-order valence-electron chi connectivity index (χ0n) is 11.0. The van der Waals surface area contributed by atoms with Crippen LogP contribution in [0.1, 0.15) is 11.6 Å². The lowest BCUT2D eigenvalue weighted by atomic mass is 10.2. The van der Waals surface area contributed by atoms with Crippen LogP contribution in [-0.2, 0) is 0 Å². The highest BCUT2D eigenvalue weighted by atomic mass is 15.4. The molecule has 1 N–H and O–H groups in total. The Bertz CT molecular complexity index is 746. The minimum atomic E-state index is 0.571. The van der Waals surface area contributed by atoms with E-state index in [9.17, 15) is 0 Å². The SMILES string of the molecule is CNc1nc(-n2nc(C)nc2C)c2ccccc2n1. The van der Waals surface area contributed by atoms with Crippen LogP contribution in [0.5, 0.6) is 0 Å². The third-order valence-electron chi connectivity index (χ3n) is 2.88. The Morgan fingerprint density at radius 1 is 1.05 bits per heavy atom. The summed E-state index contributed by atoms with van der Waals surface area (Å²) in [6.07, 6.45) is 0. The van der Waals surface area contributed by atoms with Crippen LogP contribution in [-0.4, -0.2) is 31.8 Å². The number of aromatic nitrogens is 5. The molecule has 0 aliphatic heterocycles. The monoisotopic (exact) mass is 254 g/mol. The topological polar surface area (TPSA) is 68.5 Å². The first-order valence-corrected chi connectivity index (χ1v) is 6.04. The van der Waals surface area contributed by atoms with Crippen molar-refractivity contribution in [3.63, 3.8) is 0 Å². The van der Waals surface area contributed by atoms with Gasteiger partial charge in [0.2, 0.25) is 5.95 Å². The molecule has 0 amide bonds. The first-order valence-electron chi connectivity index (χ1n) is 6.04. The predicted octanol–water partition coefficient (Wildman–Crippen LogP) is 1.87. The molecule has 0 saturated heterocycles. The van der Waals surface area contributed by atoms with Gasteiger partial charge in [-0.2, -0.15) is 9.67 Å². The third kappa shape index (κ3) is 1.91. The van der Waals surface area contributed by atoms with Gasteiger partial charge in [0.25, 0.3) is 0 Å². The van der Waals surface area contributed by atoms with Gasteiger partial charge < -0.3 is 5.32 Å². The molecule has 0 bridgehead atoms. The standard InChI is InChI=1S/C13H14N6/c1-8-15-9(2)19(18-8)12-10-6-4-5-7-11(10)16-13(14-3)17-12/h4-7H,1-3H3,(H,14,16,17). The number of aryl methyl sites for hydroxylation is 2. The Balaban J connectivity index is 2.35. The number of fused-ring (bicyclic) bond motifs is 1. The summed E-state index contributed by atoms with van der Waals surface area (Å²) in [6, 6.07) is 7.87. The Labute approximate surface area is 110 Å². The second-order valence-corrected chi connectivity index (χ2v) is 4.26. The summed E-state index contributed by atoms with van der Waals surface area (Å²) in [4.78, 5) is 13.3. The molecule has 0 aliphatic carbocycles. The molecule has 6 heteroatoms. The molecule has 3 rings (SSSR count). The van der Waals surface area contributed by atoms with E-state index in [0.29, 0.717) is 5.95 Å². The number of anilines is 1. The number of hydrogen-bond donors (Lipinski definition) is 1. The van der Waals surface area contributed by atoms with Crippen LogP contribution in [0.3, 0.4) is 0 Å². The number of nitrogens with zero attached hydrogens (tertiary/aromatic N) is 5. The Hall–Kier alpha value is -2.50. The first kappa shape index (κ1) is 11.6. The maximum atomic E-state index is 4.50. The maximum absolute atomic E-state index is 4.50. The molecule has 0 radical (unpaired) electrons. The summed E-state index contributed by atoms with van der Waals surface area (Å²) in [7, 11) is 1.80. The van der Waals surface area contributed by atoms with Crippen molar-refractivity contribution < 1.29 is 0 Å². The molecule has 0 atom stereocenters. The van der Waals surface area contributed by atoms with E-state index in [1.54, 1.807) is 11.7 Å². The largest absolute Gasteiger partial charge is 0.357 e. The van der Waals surface area contributed by atoms with Crippen molar-refractivity contribution in [1.29, 1.82) is 0 Å². The number of rotatable bonds is 2. The van der Waals surface area contributed by atoms with Crippen molar-refractivity contribution in [2.24, 2.45) is 0 Å². The van der Waals surface area contributed by atoms with E-state index in [-0.39, 0.29) is 0 Å². The average molecular weight is 254 g/mol. The van der Waals surface area contributed by atoms with E-state index in [0.717, 1.165) is 28.4 Å². The Morgan fingerprint density at radius 3 is 2.53 bits per heavy atom. The van der Waals surface area contributed by atoms with Crippen LogP contribution in [0.25, 0.3) is 16.7 Å². The highest BCUT2D eigenvalue weighted by Gasteiger charge is 2.12. The summed E-state index contributed by atoms with van der Waals surface area (Å²) >= 11 is 0. The maximum Gasteiger partial charge on any atom is 0.225 e. The van der Waals surface area contributed by atoms with Crippen LogP contribution in [0.4, 0.5) is 5.95 Å². The summed E-state index contributed by atoms with van der Waals surface area (Å²) in [5, 5.41) is 8.32. The molecule has 0 fully saturated rings. The highest BCUT2D eigenvalue weighted by Crippen LogP contribution is 2.21. The molecule has 96 valence electrons. The molecule has 0 spiro atoms. The molecule has 0 saturated carbocycles. The lowest BCUT2D eigenvalue weighted by molar-refractivity contribution is 0.809. The molecule has 3 aromatic rings. The van der Waals surface area contributed by atoms with Crippen LogP contribution < -0.4 is 5.32 Å². The van der Waals surface area contributed by atoms with E-state index >= 15 is 0 Å². The smallest absolute Gasteiger partial charge is 0.225 e. The normalized spacial score (nSPS) is 10.9. The lowest BCUT2D eigenvalue weighted by Gasteiger charge is -2.08. The van der Waals surface area contributed by atoms with Crippen LogP contribution in [0, 0.1) is 13.8 Å². The van der Waals surface area contributed by atoms with Gasteiger partial charge in [-0.3, -0.25) is 0 Å². The fourth-order valence-corrected chi connectivity index (χ4v) is 2.05. The van der Waals surface area contributed by atoms with Gasteiger partial charge in [0.15, 0.2) is 5.82 Å². The van der Waals surface area contributed by atoms with Crippen molar-refractivity contribution >= 4 is 16.9 Å². The minimum absolute atomic E-state index is 0.571. The molecule has 6 nitrogen and oxygen atoms in total. The first-order chi connectivity index (χ1) is 9.19. The third-order valence-corrected chi connectivity index (χ3v) is 2.88. The Kier molecular flexibility index (Phi) is 2.63. The summed E-state index contributed by atoms with van der Waals surface area (Å²) in [6.45, 7) is 3.78. The molecule has 2 heterocycles. The summed E-state index contributed by atoms with van der Waals surface area (Å²) in [5.41, 5.74) is 0.879. The molecule has 1 aromatic carbocycles. The average Bonchev–Trinajstić information content (AvgIpc) is 2.76. The second-order valence-electron chi connectivity index (χ2n) is 4.26. The zero-order chi connectivity index (χ0) is 13.4.